The largest absolute Gasteiger partial charge is 1.00 e. The summed E-state index contributed by atoms with van der Waals surface area (Å²) in [6.07, 6.45) is 0. The second-order valence-corrected chi connectivity index (χ2v) is 4.32. The van der Waals surface area contributed by atoms with E-state index in [0.29, 0.717) is 11.8 Å². The van der Waals surface area contributed by atoms with E-state index in [1.54, 1.807) is 0 Å². The molecular formula is C13H20LiN. The first-order valence-corrected chi connectivity index (χ1v) is 5.30. The number of nitrogens with zero attached hydrogens (tertiary/aromatic N) is 1. The predicted molar refractivity (Wildman–Crippen MR) is 63.6 cm³/mol. The van der Waals surface area contributed by atoms with Crippen LogP contribution < -0.4 is 18.9 Å². The maximum Gasteiger partial charge on any atom is 1.00 e. The molecule has 0 spiro atoms. The van der Waals surface area contributed by atoms with Crippen molar-refractivity contribution in [1.82, 2.24) is 0 Å². The zero-order chi connectivity index (χ0) is 10.7. The van der Waals surface area contributed by atoms with Crippen molar-refractivity contribution in [3.05, 3.63) is 34.6 Å². The van der Waals surface area contributed by atoms with Gasteiger partial charge in [-0.3, -0.25) is 0 Å². The quantitative estimate of drug-likeness (QED) is 0.653. The minimum absolute atomic E-state index is 0. The first-order chi connectivity index (χ1) is 6.57. The van der Waals surface area contributed by atoms with E-state index >= 15 is 0 Å². The second-order valence-electron chi connectivity index (χ2n) is 4.32. The van der Waals surface area contributed by atoms with Crippen molar-refractivity contribution in [2.24, 2.45) is 0 Å². The maximum atomic E-state index is 4.41. The molecular weight excluding hydrogens is 177 g/mol. The third-order valence-electron chi connectivity index (χ3n) is 2.57. The summed E-state index contributed by atoms with van der Waals surface area (Å²) in [5, 5.41) is 4.41. The Hall–Kier alpha value is -0.383. The minimum atomic E-state index is 0. The first-order valence-electron chi connectivity index (χ1n) is 5.30. The van der Waals surface area contributed by atoms with Gasteiger partial charge in [0.2, 0.25) is 0 Å². The molecule has 1 aromatic carbocycles. The van der Waals surface area contributed by atoms with Crippen molar-refractivity contribution in [3.8, 4) is 0 Å². The maximum absolute atomic E-state index is 4.41. The molecule has 0 aromatic heterocycles. The van der Waals surface area contributed by atoms with Crippen molar-refractivity contribution in [2.45, 2.75) is 39.5 Å². The molecule has 0 unspecified atom stereocenters. The number of para-hydroxylation sites is 1. The van der Waals surface area contributed by atoms with Gasteiger partial charge in [-0.1, -0.05) is 57.0 Å². The summed E-state index contributed by atoms with van der Waals surface area (Å²) in [5.74, 6) is 1.10. The summed E-state index contributed by atoms with van der Waals surface area (Å²) in [5.41, 5.74) is 3.91. The van der Waals surface area contributed by atoms with Crippen molar-refractivity contribution in [2.75, 3.05) is 7.05 Å². The summed E-state index contributed by atoms with van der Waals surface area (Å²) >= 11 is 0. The van der Waals surface area contributed by atoms with Crippen LogP contribution >= 0.6 is 0 Å². The minimum Gasteiger partial charge on any atom is -0.686 e. The fraction of sp³-hybridized carbons (Fsp3) is 0.538. The van der Waals surface area contributed by atoms with Crippen LogP contribution in [0.4, 0.5) is 5.69 Å². The van der Waals surface area contributed by atoms with Crippen molar-refractivity contribution < 1.29 is 18.9 Å². The van der Waals surface area contributed by atoms with E-state index < -0.39 is 0 Å². The molecule has 78 valence electrons. The molecule has 15 heavy (non-hydrogen) atoms. The van der Waals surface area contributed by atoms with Crippen molar-refractivity contribution in [3.63, 3.8) is 0 Å². The standard InChI is InChI=1S/C13H20N.Li/c1-9(2)11-7-6-8-12(10(3)4)13(11)14-5;/h6-10H,1-5H3;/q-1;+1. The van der Waals surface area contributed by atoms with Gasteiger partial charge in [0.05, 0.1) is 0 Å². The van der Waals surface area contributed by atoms with E-state index in [0.717, 1.165) is 0 Å². The molecule has 0 radical (unpaired) electrons. The first kappa shape index (κ1) is 14.6. The smallest absolute Gasteiger partial charge is 0.686 e. The molecule has 0 heterocycles. The van der Waals surface area contributed by atoms with E-state index in [9.17, 15) is 0 Å². The molecule has 1 aromatic rings. The fourth-order valence-corrected chi connectivity index (χ4v) is 1.77. The monoisotopic (exact) mass is 197 g/mol. The van der Waals surface area contributed by atoms with E-state index in [2.05, 4.69) is 51.2 Å². The summed E-state index contributed by atoms with van der Waals surface area (Å²) in [7, 11) is 1.88. The topological polar surface area (TPSA) is 14.1 Å². The summed E-state index contributed by atoms with van der Waals surface area (Å²) < 4.78 is 0. The Labute approximate surface area is 106 Å². The predicted octanol–water partition coefficient (Wildman–Crippen LogP) is 1.57. The van der Waals surface area contributed by atoms with Gasteiger partial charge >= 0.3 is 18.9 Å². The van der Waals surface area contributed by atoms with Crippen LogP contribution in [0, 0.1) is 0 Å². The van der Waals surface area contributed by atoms with Gasteiger partial charge in [0, 0.05) is 0 Å². The van der Waals surface area contributed by atoms with Gasteiger partial charge in [0.25, 0.3) is 0 Å². The summed E-state index contributed by atoms with van der Waals surface area (Å²) in [6, 6.07) is 6.50. The zero-order valence-electron chi connectivity index (χ0n) is 10.8. The van der Waals surface area contributed by atoms with Gasteiger partial charge in [0.15, 0.2) is 0 Å². The van der Waals surface area contributed by atoms with Gasteiger partial charge in [-0.25, -0.2) is 0 Å². The van der Waals surface area contributed by atoms with Crippen LogP contribution in [-0.2, 0) is 0 Å². The van der Waals surface area contributed by atoms with Crippen LogP contribution in [0.3, 0.4) is 0 Å². The molecule has 1 nitrogen and oxygen atoms in total. The number of benzene rings is 1. The Morgan fingerprint density at radius 1 is 0.933 bits per heavy atom. The van der Waals surface area contributed by atoms with Gasteiger partial charge in [-0.15, -0.1) is 12.7 Å². The van der Waals surface area contributed by atoms with Crippen LogP contribution in [0.5, 0.6) is 0 Å². The molecule has 0 bridgehead atoms. The van der Waals surface area contributed by atoms with Gasteiger partial charge in [0.1, 0.15) is 0 Å². The number of hydrogen-bond donors (Lipinski definition) is 0. The molecule has 0 fully saturated rings. The Balaban J connectivity index is 0.00000196. The van der Waals surface area contributed by atoms with Crippen LogP contribution in [0.2, 0.25) is 0 Å². The molecule has 0 amide bonds. The van der Waals surface area contributed by atoms with Crippen LogP contribution in [-0.4, -0.2) is 7.05 Å². The number of rotatable bonds is 3. The van der Waals surface area contributed by atoms with Crippen LogP contribution in [0.15, 0.2) is 18.2 Å². The Bertz CT molecular complexity index is 279. The van der Waals surface area contributed by atoms with E-state index in [-0.39, 0.29) is 18.9 Å². The average molecular weight is 197 g/mol. The van der Waals surface area contributed by atoms with Gasteiger partial charge in [-0.2, -0.15) is 0 Å². The van der Waals surface area contributed by atoms with Crippen molar-refractivity contribution in [1.29, 1.82) is 0 Å². The average Bonchev–Trinajstić information content (AvgIpc) is 2.16. The molecule has 2 heteroatoms. The summed E-state index contributed by atoms with van der Waals surface area (Å²) in [6.45, 7) is 8.87. The Morgan fingerprint density at radius 2 is 1.33 bits per heavy atom. The van der Waals surface area contributed by atoms with E-state index in [1.165, 1.54) is 16.8 Å². The van der Waals surface area contributed by atoms with E-state index in [4.69, 9.17) is 0 Å². The van der Waals surface area contributed by atoms with Gasteiger partial charge < -0.3 is 5.32 Å². The normalized spacial score (nSPS) is 10.3. The third kappa shape index (κ3) is 3.29. The molecule has 0 aliphatic heterocycles. The molecule has 0 atom stereocenters. The molecule has 1 rings (SSSR count). The SMILES string of the molecule is C[N-]c1c(C(C)C)cccc1C(C)C.[Li+]. The summed E-state index contributed by atoms with van der Waals surface area (Å²) in [4.78, 5) is 0. The Morgan fingerprint density at radius 3 is 1.60 bits per heavy atom. The van der Waals surface area contributed by atoms with E-state index in [1.807, 2.05) is 7.05 Å². The molecule has 0 saturated carbocycles. The zero-order valence-corrected chi connectivity index (χ0v) is 10.8. The third-order valence-corrected chi connectivity index (χ3v) is 2.57. The molecule has 0 aliphatic carbocycles. The molecule has 0 N–H and O–H groups in total. The molecule has 0 aliphatic rings. The van der Waals surface area contributed by atoms with Crippen LogP contribution in [0.1, 0.15) is 50.7 Å². The second kappa shape index (κ2) is 6.25. The Kier molecular flexibility index (Phi) is 6.10. The van der Waals surface area contributed by atoms with Crippen molar-refractivity contribution >= 4 is 5.69 Å². The number of hydrogen-bond acceptors (Lipinski definition) is 0. The van der Waals surface area contributed by atoms with Crippen LogP contribution in [0.25, 0.3) is 5.32 Å². The van der Waals surface area contributed by atoms with Gasteiger partial charge in [-0.05, 0) is 11.8 Å². The molecule has 0 saturated heterocycles. The fourth-order valence-electron chi connectivity index (χ4n) is 1.77.